The van der Waals surface area contributed by atoms with E-state index in [0.29, 0.717) is 17.1 Å². The van der Waals surface area contributed by atoms with Gasteiger partial charge in [0.1, 0.15) is 0 Å². The summed E-state index contributed by atoms with van der Waals surface area (Å²) in [6.07, 6.45) is 5.72. The number of nitrogens with one attached hydrogen (secondary N) is 1. The van der Waals surface area contributed by atoms with Gasteiger partial charge in [-0.05, 0) is 68.5 Å². The molecule has 0 saturated heterocycles. The molecule has 148 valence electrons. The molecule has 28 heavy (non-hydrogen) atoms. The summed E-state index contributed by atoms with van der Waals surface area (Å²) >= 11 is 0. The number of carbonyl (C=O) groups is 1. The molecule has 1 saturated carbocycles. The maximum atomic E-state index is 13.2. The maximum Gasteiger partial charge on any atom is 0.264 e. The van der Waals surface area contributed by atoms with Crippen LogP contribution in [0.2, 0.25) is 0 Å². The molecule has 1 N–H and O–H groups in total. The minimum Gasteiger partial charge on any atom is -0.326 e. The van der Waals surface area contributed by atoms with Crippen LogP contribution in [-0.2, 0) is 21.2 Å². The third-order valence-corrected chi connectivity index (χ3v) is 7.59. The summed E-state index contributed by atoms with van der Waals surface area (Å²) in [5.74, 6) is 0.187. The molecule has 0 spiro atoms. The van der Waals surface area contributed by atoms with Gasteiger partial charge in [0, 0.05) is 18.2 Å². The first-order valence-corrected chi connectivity index (χ1v) is 11.4. The standard InChI is InChI=1S/C22H26N2O3S/c1-16-8-11-20(12-9-16)28(26,27)24-14-4-7-18-15-19(10-13-21(18)24)23-22(25)17-5-2-3-6-17/h8-13,15,17H,2-7,14H2,1H3,(H,23,25). The second kappa shape index (κ2) is 7.59. The van der Waals surface area contributed by atoms with Crippen LogP contribution >= 0.6 is 0 Å². The minimum absolute atomic E-state index is 0.0809. The molecule has 4 rings (SSSR count). The summed E-state index contributed by atoms with van der Waals surface area (Å²) < 4.78 is 27.8. The average molecular weight is 399 g/mol. The van der Waals surface area contributed by atoms with Gasteiger partial charge in [-0.15, -0.1) is 0 Å². The second-order valence-electron chi connectivity index (χ2n) is 7.81. The van der Waals surface area contributed by atoms with Crippen molar-refractivity contribution in [1.29, 1.82) is 0 Å². The lowest BCUT2D eigenvalue weighted by molar-refractivity contribution is -0.119. The van der Waals surface area contributed by atoms with Crippen molar-refractivity contribution < 1.29 is 13.2 Å². The zero-order chi connectivity index (χ0) is 19.7. The van der Waals surface area contributed by atoms with E-state index in [-0.39, 0.29) is 11.8 Å². The van der Waals surface area contributed by atoms with Crippen molar-refractivity contribution in [3.8, 4) is 0 Å². The molecule has 2 aliphatic rings. The van der Waals surface area contributed by atoms with Crippen LogP contribution in [0.25, 0.3) is 0 Å². The Kier molecular flexibility index (Phi) is 5.15. The Hall–Kier alpha value is -2.34. The van der Waals surface area contributed by atoms with Gasteiger partial charge < -0.3 is 5.32 Å². The van der Waals surface area contributed by atoms with Crippen LogP contribution in [0.5, 0.6) is 0 Å². The van der Waals surface area contributed by atoms with Crippen LogP contribution in [0, 0.1) is 12.8 Å². The van der Waals surface area contributed by atoms with Gasteiger partial charge in [-0.25, -0.2) is 8.42 Å². The largest absolute Gasteiger partial charge is 0.326 e. The highest BCUT2D eigenvalue weighted by atomic mass is 32.2. The van der Waals surface area contributed by atoms with Gasteiger partial charge in [-0.1, -0.05) is 30.5 Å². The fourth-order valence-electron chi connectivity index (χ4n) is 4.16. The Morgan fingerprint density at radius 1 is 1.04 bits per heavy atom. The Labute approximate surface area is 166 Å². The van der Waals surface area contributed by atoms with E-state index in [2.05, 4.69) is 5.32 Å². The molecule has 0 unspecified atom stereocenters. The SMILES string of the molecule is Cc1ccc(S(=O)(=O)N2CCCc3cc(NC(=O)C4CCCC4)ccc32)cc1. The van der Waals surface area contributed by atoms with Gasteiger partial charge in [0.15, 0.2) is 0 Å². The van der Waals surface area contributed by atoms with Crippen molar-refractivity contribution in [2.75, 3.05) is 16.2 Å². The molecule has 1 heterocycles. The molecule has 1 fully saturated rings. The molecular formula is C22H26N2O3S. The molecule has 1 amide bonds. The van der Waals surface area contributed by atoms with E-state index in [9.17, 15) is 13.2 Å². The quantitative estimate of drug-likeness (QED) is 0.837. The van der Waals surface area contributed by atoms with E-state index in [1.54, 1.807) is 12.1 Å². The molecule has 1 aliphatic carbocycles. The van der Waals surface area contributed by atoms with Crippen molar-refractivity contribution in [1.82, 2.24) is 0 Å². The van der Waals surface area contributed by atoms with Crippen LogP contribution < -0.4 is 9.62 Å². The highest BCUT2D eigenvalue weighted by Crippen LogP contribution is 2.34. The van der Waals surface area contributed by atoms with Gasteiger partial charge in [0.05, 0.1) is 10.6 Å². The molecule has 1 aliphatic heterocycles. The molecule has 0 bridgehead atoms. The topological polar surface area (TPSA) is 66.5 Å². The molecule has 6 heteroatoms. The number of benzene rings is 2. The number of hydrogen-bond acceptors (Lipinski definition) is 3. The first-order chi connectivity index (χ1) is 13.4. The number of aryl methyl sites for hydroxylation is 2. The van der Waals surface area contributed by atoms with Crippen molar-refractivity contribution >= 4 is 27.3 Å². The van der Waals surface area contributed by atoms with Crippen molar-refractivity contribution in [3.05, 3.63) is 53.6 Å². The van der Waals surface area contributed by atoms with E-state index in [1.165, 1.54) is 4.31 Å². The number of rotatable bonds is 4. The Morgan fingerprint density at radius 3 is 2.46 bits per heavy atom. The van der Waals surface area contributed by atoms with Gasteiger partial charge in [-0.3, -0.25) is 9.10 Å². The van der Waals surface area contributed by atoms with Crippen molar-refractivity contribution in [3.63, 3.8) is 0 Å². The normalized spacial score (nSPS) is 17.4. The van der Waals surface area contributed by atoms with Crippen LogP contribution in [0.4, 0.5) is 11.4 Å². The summed E-state index contributed by atoms with van der Waals surface area (Å²) in [6.45, 7) is 2.41. The molecule has 0 atom stereocenters. The zero-order valence-corrected chi connectivity index (χ0v) is 17.0. The average Bonchev–Trinajstić information content (AvgIpc) is 3.22. The second-order valence-corrected chi connectivity index (χ2v) is 9.67. The highest BCUT2D eigenvalue weighted by Gasteiger charge is 2.29. The van der Waals surface area contributed by atoms with E-state index >= 15 is 0 Å². The summed E-state index contributed by atoms with van der Waals surface area (Å²) in [5.41, 5.74) is 3.46. The van der Waals surface area contributed by atoms with E-state index in [4.69, 9.17) is 0 Å². The number of sulfonamides is 1. The Balaban J connectivity index is 1.59. The third kappa shape index (κ3) is 3.65. The summed E-state index contributed by atoms with van der Waals surface area (Å²) in [6, 6.07) is 12.5. The van der Waals surface area contributed by atoms with E-state index < -0.39 is 10.0 Å². The number of fused-ring (bicyclic) bond motifs is 1. The molecule has 5 nitrogen and oxygen atoms in total. The minimum atomic E-state index is -3.60. The lowest BCUT2D eigenvalue weighted by Gasteiger charge is -2.31. The summed E-state index contributed by atoms with van der Waals surface area (Å²) in [7, 11) is -3.60. The van der Waals surface area contributed by atoms with Gasteiger partial charge in [-0.2, -0.15) is 0 Å². The van der Waals surface area contributed by atoms with Crippen molar-refractivity contribution in [2.45, 2.75) is 50.3 Å². The number of nitrogens with zero attached hydrogens (tertiary/aromatic N) is 1. The fourth-order valence-corrected chi connectivity index (χ4v) is 5.70. The van der Waals surface area contributed by atoms with Crippen LogP contribution in [0.15, 0.2) is 47.4 Å². The predicted molar refractivity (Wildman–Crippen MR) is 111 cm³/mol. The molecule has 2 aromatic rings. The summed E-state index contributed by atoms with van der Waals surface area (Å²) in [5, 5.41) is 3.02. The number of carbonyl (C=O) groups excluding carboxylic acids is 1. The zero-order valence-electron chi connectivity index (χ0n) is 16.1. The van der Waals surface area contributed by atoms with Crippen molar-refractivity contribution in [2.24, 2.45) is 5.92 Å². The van der Waals surface area contributed by atoms with Crippen LogP contribution in [-0.4, -0.2) is 20.9 Å². The lowest BCUT2D eigenvalue weighted by atomic mass is 10.0. The third-order valence-electron chi connectivity index (χ3n) is 5.76. The van der Waals surface area contributed by atoms with E-state index in [0.717, 1.165) is 55.3 Å². The van der Waals surface area contributed by atoms with Gasteiger partial charge >= 0.3 is 0 Å². The fraction of sp³-hybridized carbons (Fsp3) is 0.409. The molecule has 0 aromatic heterocycles. The molecule has 2 aromatic carbocycles. The van der Waals surface area contributed by atoms with Crippen LogP contribution in [0.3, 0.4) is 0 Å². The summed E-state index contributed by atoms with van der Waals surface area (Å²) in [4.78, 5) is 12.7. The first kappa shape index (κ1) is 19.0. The maximum absolute atomic E-state index is 13.2. The predicted octanol–water partition coefficient (Wildman–Crippen LogP) is 4.27. The number of amides is 1. The highest BCUT2D eigenvalue weighted by molar-refractivity contribution is 7.92. The number of hydrogen-bond donors (Lipinski definition) is 1. The monoisotopic (exact) mass is 398 g/mol. The van der Waals surface area contributed by atoms with Gasteiger partial charge in [0.25, 0.3) is 10.0 Å². The lowest BCUT2D eigenvalue weighted by Crippen LogP contribution is -2.35. The Morgan fingerprint density at radius 2 is 1.75 bits per heavy atom. The van der Waals surface area contributed by atoms with E-state index in [1.807, 2.05) is 37.3 Å². The smallest absolute Gasteiger partial charge is 0.264 e. The first-order valence-electron chi connectivity index (χ1n) is 9.98. The van der Waals surface area contributed by atoms with Crippen LogP contribution in [0.1, 0.15) is 43.2 Å². The van der Waals surface area contributed by atoms with Gasteiger partial charge in [0.2, 0.25) is 5.91 Å². The Bertz CT molecular complexity index is 977. The molecular weight excluding hydrogens is 372 g/mol. The molecule has 0 radical (unpaired) electrons. The number of anilines is 2.